The van der Waals surface area contributed by atoms with E-state index in [-0.39, 0.29) is 0 Å². The number of hydrogen-bond donors (Lipinski definition) is 0. The summed E-state index contributed by atoms with van der Waals surface area (Å²) in [5, 5.41) is 2.14. The van der Waals surface area contributed by atoms with Gasteiger partial charge >= 0.3 is 0 Å². The lowest BCUT2D eigenvalue weighted by atomic mass is 10.1. The van der Waals surface area contributed by atoms with Crippen molar-refractivity contribution < 1.29 is 0 Å². The Hall–Kier alpha value is -0.560. The average Bonchev–Trinajstić information content (AvgIpc) is 2.40. The van der Waals surface area contributed by atoms with Gasteiger partial charge in [-0.1, -0.05) is 25.1 Å². The highest BCUT2D eigenvalue weighted by Gasteiger charge is 1.98. The molecule has 0 N–H and O–H groups in total. The zero-order chi connectivity index (χ0) is 8.10. The predicted molar refractivity (Wildman–Crippen MR) is 52.0 cm³/mol. The molecule has 1 heterocycles. The Labute approximate surface area is 72.6 Å². The van der Waals surface area contributed by atoms with E-state index in [0.29, 0.717) is 5.92 Å². The third-order valence-electron chi connectivity index (χ3n) is 1.62. The highest BCUT2D eigenvalue weighted by Crippen LogP contribution is 2.14. The van der Waals surface area contributed by atoms with Crippen molar-refractivity contribution in [2.24, 2.45) is 5.92 Å². The van der Waals surface area contributed by atoms with Gasteiger partial charge in [0.2, 0.25) is 0 Å². The normalized spacial score (nSPS) is 14.0. The average molecular weight is 166 g/mol. The van der Waals surface area contributed by atoms with Crippen LogP contribution in [0.25, 0.3) is 0 Å². The minimum atomic E-state index is 0.679. The molecule has 60 valence electrons. The summed E-state index contributed by atoms with van der Waals surface area (Å²) < 4.78 is 0. The van der Waals surface area contributed by atoms with E-state index in [9.17, 15) is 0 Å². The number of rotatable bonds is 3. The summed E-state index contributed by atoms with van der Waals surface area (Å²) in [5.41, 5.74) is 0. The van der Waals surface area contributed by atoms with Crippen LogP contribution in [-0.4, -0.2) is 0 Å². The third kappa shape index (κ3) is 2.89. The Balaban J connectivity index is 2.43. The van der Waals surface area contributed by atoms with E-state index in [4.69, 9.17) is 0 Å². The van der Waals surface area contributed by atoms with E-state index in [0.717, 1.165) is 0 Å². The zero-order valence-corrected chi connectivity index (χ0v) is 7.90. The molecule has 0 nitrogen and oxygen atoms in total. The second-order valence-electron chi connectivity index (χ2n) is 2.79. The lowest BCUT2D eigenvalue weighted by Crippen LogP contribution is -1.92. The fourth-order valence-electron chi connectivity index (χ4n) is 1.14. The van der Waals surface area contributed by atoms with Crippen molar-refractivity contribution in [2.45, 2.75) is 20.3 Å². The van der Waals surface area contributed by atoms with Crippen molar-refractivity contribution in [3.63, 3.8) is 0 Å². The Morgan fingerprint density at radius 1 is 1.64 bits per heavy atom. The smallest absolute Gasteiger partial charge is 0.00509 e. The predicted octanol–water partition coefficient (Wildman–Crippen LogP) is 3.50. The summed E-state index contributed by atoms with van der Waals surface area (Å²) in [5.74, 6) is 0.679. The van der Waals surface area contributed by atoms with Gasteiger partial charge in [0.25, 0.3) is 0 Å². The van der Waals surface area contributed by atoms with Crippen molar-refractivity contribution in [3.05, 3.63) is 34.5 Å². The first kappa shape index (κ1) is 8.54. The molecule has 0 aliphatic carbocycles. The van der Waals surface area contributed by atoms with E-state index in [2.05, 4.69) is 43.5 Å². The Morgan fingerprint density at radius 3 is 3.00 bits per heavy atom. The van der Waals surface area contributed by atoms with E-state index in [1.165, 1.54) is 11.3 Å². The molecule has 1 aromatic rings. The second kappa shape index (κ2) is 4.35. The molecule has 0 aliphatic heterocycles. The largest absolute Gasteiger partial charge is 0.149 e. The van der Waals surface area contributed by atoms with Crippen molar-refractivity contribution in [1.82, 2.24) is 0 Å². The SMILES string of the molecule is C/C=C\C(C)Cc1cccs1. The van der Waals surface area contributed by atoms with Gasteiger partial charge in [0, 0.05) is 4.88 Å². The Morgan fingerprint density at radius 2 is 2.45 bits per heavy atom. The fraction of sp³-hybridized carbons (Fsp3) is 0.400. The van der Waals surface area contributed by atoms with Crippen LogP contribution in [-0.2, 0) is 6.42 Å². The summed E-state index contributed by atoms with van der Waals surface area (Å²) in [6.45, 7) is 4.32. The van der Waals surface area contributed by atoms with Crippen LogP contribution >= 0.6 is 11.3 Å². The molecule has 0 amide bonds. The van der Waals surface area contributed by atoms with Gasteiger partial charge in [-0.3, -0.25) is 0 Å². The van der Waals surface area contributed by atoms with Gasteiger partial charge < -0.3 is 0 Å². The lowest BCUT2D eigenvalue weighted by molar-refractivity contribution is 0.731. The number of thiophene rings is 1. The zero-order valence-electron chi connectivity index (χ0n) is 7.08. The van der Waals surface area contributed by atoms with Crippen molar-refractivity contribution in [2.75, 3.05) is 0 Å². The van der Waals surface area contributed by atoms with Crippen molar-refractivity contribution in [3.8, 4) is 0 Å². The van der Waals surface area contributed by atoms with Gasteiger partial charge in [-0.05, 0) is 30.7 Å². The highest BCUT2D eigenvalue weighted by molar-refractivity contribution is 7.09. The monoisotopic (exact) mass is 166 g/mol. The summed E-state index contributed by atoms with van der Waals surface area (Å²) in [6.07, 6.45) is 5.56. The van der Waals surface area contributed by atoms with E-state index < -0.39 is 0 Å². The standard InChI is InChI=1S/C10H14S/c1-3-5-9(2)8-10-6-4-7-11-10/h3-7,9H,8H2,1-2H3/b5-3-. The van der Waals surface area contributed by atoms with Crippen LogP contribution in [0, 0.1) is 5.92 Å². The number of allylic oxidation sites excluding steroid dienone is 2. The Bertz CT molecular complexity index is 209. The maximum Gasteiger partial charge on any atom is 0.00509 e. The molecule has 1 atom stereocenters. The quantitative estimate of drug-likeness (QED) is 0.603. The van der Waals surface area contributed by atoms with Crippen LogP contribution in [0.3, 0.4) is 0 Å². The van der Waals surface area contributed by atoms with E-state index in [1.807, 2.05) is 11.3 Å². The van der Waals surface area contributed by atoms with Crippen LogP contribution in [0.15, 0.2) is 29.7 Å². The van der Waals surface area contributed by atoms with Crippen LogP contribution < -0.4 is 0 Å². The first-order valence-corrected chi connectivity index (χ1v) is 4.86. The third-order valence-corrected chi connectivity index (χ3v) is 2.52. The summed E-state index contributed by atoms with van der Waals surface area (Å²) in [6, 6.07) is 4.31. The van der Waals surface area contributed by atoms with Gasteiger partial charge in [-0.25, -0.2) is 0 Å². The minimum absolute atomic E-state index is 0.679. The maximum atomic E-state index is 2.25. The fourth-order valence-corrected chi connectivity index (χ4v) is 1.99. The lowest BCUT2D eigenvalue weighted by Gasteiger charge is -2.01. The molecule has 0 spiro atoms. The molecule has 0 saturated heterocycles. The molecule has 1 unspecified atom stereocenters. The van der Waals surface area contributed by atoms with Crippen LogP contribution in [0.1, 0.15) is 18.7 Å². The van der Waals surface area contributed by atoms with E-state index >= 15 is 0 Å². The highest BCUT2D eigenvalue weighted by atomic mass is 32.1. The van der Waals surface area contributed by atoms with Crippen LogP contribution in [0.4, 0.5) is 0 Å². The van der Waals surface area contributed by atoms with Gasteiger partial charge in [0.1, 0.15) is 0 Å². The topological polar surface area (TPSA) is 0 Å². The summed E-state index contributed by atoms with van der Waals surface area (Å²) >= 11 is 1.84. The minimum Gasteiger partial charge on any atom is -0.149 e. The molecule has 11 heavy (non-hydrogen) atoms. The second-order valence-corrected chi connectivity index (χ2v) is 3.82. The Kier molecular flexibility index (Phi) is 3.37. The molecule has 0 bridgehead atoms. The van der Waals surface area contributed by atoms with Crippen molar-refractivity contribution in [1.29, 1.82) is 0 Å². The molecular weight excluding hydrogens is 152 g/mol. The molecule has 1 rings (SSSR count). The van der Waals surface area contributed by atoms with Gasteiger partial charge in [-0.15, -0.1) is 11.3 Å². The van der Waals surface area contributed by atoms with Crippen LogP contribution in [0.2, 0.25) is 0 Å². The van der Waals surface area contributed by atoms with Gasteiger partial charge in [-0.2, -0.15) is 0 Å². The molecule has 0 radical (unpaired) electrons. The summed E-state index contributed by atoms with van der Waals surface area (Å²) in [4.78, 5) is 1.48. The molecular formula is C10H14S. The molecule has 0 aromatic carbocycles. The molecule has 0 fully saturated rings. The molecule has 0 aliphatic rings. The first-order chi connectivity index (χ1) is 5.33. The molecule has 1 heteroatoms. The summed E-state index contributed by atoms with van der Waals surface area (Å²) in [7, 11) is 0. The van der Waals surface area contributed by atoms with Gasteiger partial charge in [0.05, 0.1) is 0 Å². The van der Waals surface area contributed by atoms with E-state index in [1.54, 1.807) is 0 Å². The first-order valence-electron chi connectivity index (χ1n) is 3.98. The van der Waals surface area contributed by atoms with Gasteiger partial charge in [0.15, 0.2) is 0 Å². The molecule has 1 aromatic heterocycles. The molecule has 0 saturated carbocycles. The number of hydrogen-bond acceptors (Lipinski definition) is 1. The van der Waals surface area contributed by atoms with Crippen LogP contribution in [0.5, 0.6) is 0 Å². The maximum absolute atomic E-state index is 2.25. The van der Waals surface area contributed by atoms with Crippen molar-refractivity contribution >= 4 is 11.3 Å².